The topological polar surface area (TPSA) is 64.1 Å². The van der Waals surface area contributed by atoms with Gasteiger partial charge in [0.25, 0.3) is 5.91 Å². The molecular formula is C10H14ClN3O2. The number of hydrogen-bond donors (Lipinski definition) is 1. The van der Waals surface area contributed by atoms with E-state index in [0.29, 0.717) is 0 Å². The van der Waals surface area contributed by atoms with Gasteiger partial charge in [-0.05, 0) is 32.4 Å². The first-order valence-electron chi connectivity index (χ1n) is 4.72. The molecule has 0 unspecified atom stereocenters. The second-order valence-corrected chi connectivity index (χ2v) is 4.60. The Hall–Kier alpha value is -1.36. The van der Waals surface area contributed by atoms with Crippen LogP contribution in [0.2, 0.25) is 5.28 Å². The first-order chi connectivity index (χ1) is 7.33. The zero-order chi connectivity index (χ0) is 12.3. The summed E-state index contributed by atoms with van der Waals surface area (Å²) in [7, 11) is 1.42. The molecule has 16 heavy (non-hydrogen) atoms. The third-order valence-corrected chi connectivity index (χ3v) is 1.83. The van der Waals surface area contributed by atoms with Gasteiger partial charge < -0.3 is 10.1 Å². The molecule has 88 valence electrons. The lowest BCUT2D eigenvalue weighted by atomic mass is 10.1. The summed E-state index contributed by atoms with van der Waals surface area (Å²) in [5, 5.41) is 2.83. The van der Waals surface area contributed by atoms with Crippen molar-refractivity contribution >= 4 is 17.5 Å². The van der Waals surface area contributed by atoms with E-state index >= 15 is 0 Å². The number of carbonyl (C=O) groups excluding carboxylic acids is 1. The van der Waals surface area contributed by atoms with Gasteiger partial charge in [-0.2, -0.15) is 4.98 Å². The van der Waals surface area contributed by atoms with Crippen LogP contribution in [0.3, 0.4) is 0 Å². The molecule has 0 saturated carbocycles. The molecule has 1 N–H and O–H groups in total. The molecule has 1 aromatic rings. The number of aromatic nitrogens is 2. The molecule has 0 atom stereocenters. The quantitative estimate of drug-likeness (QED) is 0.803. The molecule has 0 fully saturated rings. The Morgan fingerprint density at radius 2 is 2.12 bits per heavy atom. The number of hydrogen-bond acceptors (Lipinski definition) is 4. The van der Waals surface area contributed by atoms with E-state index in [0.717, 1.165) is 0 Å². The molecule has 5 nitrogen and oxygen atoms in total. The zero-order valence-corrected chi connectivity index (χ0v) is 10.4. The number of methoxy groups -OCH3 is 1. The molecule has 0 radical (unpaired) electrons. The van der Waals surface area contributed by atoms with Crippen molar-refractivity contribution in [2.45, 2.75) is 26.3 Å². The molecule has 1 heterocycles. The fourth-order valence-corrected chi connectivity index (χ4v) is 1.19. The molecular weight excluding hydrogens is 230 g/mol. The first kappa shape index (κ1) is 12.7. The Morgan fingerprint density at radius 3 is 2.62 bits per heavy atom. The Balaban J connectivity index is 2.99. The molecule has 0 aromatic carbocycles. The highest BCUT2D eigenvalue weighted by Gasteiger charge is 2.20. The Morgan fingerprint density at radius 1 is 1.50 bits per heavy atom. The lowest BCUT2D eigenvalue weighted by Gasteiger charge is -2.20. The lowest BCUT2D eigenvalue weighted by molar-refractivity contribution is 0.0915. The molecule has 0 bridgehead atoms. The minimum atomic E-state index is -0.332. The number of carbonyl (C=O) groups is 1. The summed E-state index contributed by atoms with van der Waals surface area (Å²) >= 11 is 5.60. The second kappa shape index (κ2) is 4.65. The van der Waals surface area contributed by atoms with Crippen LogP contribution in [0, 0.1) is 0 Å². The minimum absolute atomic E-state index is 0.0455. The smallest absolute Gasteiger partial charge is 0.258 e. The summed E-state index contributed by atoms with van der Waals surface area (Å²) in [5.41, 5.74) is -0.0660. The van der Waals surface area contributed by atoms with E-state index in [-0.39, 0.29) is 28.2 Å². The van der Waals surface area contributed by atoms with Gasteiger partial charge in [0.05, 0.1) is 7.11 Å². The second-order valence-electron chi connectivity index (χ2n) is 4.27. The van der Waals surface area contributed by atoms with Crippen molar-refractivity contribution in [1.29, 1.82) is 0 Å². The highest BCUT2D eigenvalue weighted by molar-refractivity contribution is 6.28. The van der Waals surface area contributed by atoms with Crippen LogP contribution < -0.4 is 10.1 Å². The molecule has 0 aliphatic heterocycles. The van der Waals surface area contributed by atoms with E-state index in [4.69, 9.17) is 16.3 Å². The molecule has 6 heteroatoms. The van der Waals surface area contributed by atoms with Crippen LogP contribution in [-0.2, 0) is 0 Å². The van der Waals surface area contributed by atoms with E-state index < -0.39 is 0 Å². The van der Waals surface area contributed by atoms with Crippen LogP contribution in [0.25, 0.3) is 0 Å². The Bertz CT molecular complexity index is 402. The van der Waals surface area contributed by atoms with Crippen molar-refractivity contribution in [3.8, 4) is 5.88 Å². The van der Waals surface area contributed by atoms with Crippen molar-refractivity contribution in [1.82, 2.24) is 15.3 Å². The molecule has 0 spiro atoms. The van der Waals surface area contributed by atoms with Gasteiger partial charge >= 0.3 is 0 Å². The van der Waals surface area contributed by atoms with Gasteiger partial charge in [-0.15, -0.1) is 0 Å². The zero-order valence-electron chi connectivity index (χ0n) is 9.67. The predicted octanol–water partition coefficient (Wildman–Crippen LogP) is 1.67. The summed E-state index contributed by atoms with van der Waals surface area (Å²) < 4.78 is 4.97. The van der Waals surface area contributed by atoms with Crippen molar-refractivity contribution < 1.29 is 9.53 Å². The third kappa shape index (κ3) is 3.34. The maximum atomic E-state index is 11.8. The van der Waals surface area contributed by atoms with Gasteiger partial charge in [-0.1, -0.05) is 0 Å². The van der Waals surface area contributed by atoms with Gasteiger partial charge in [0.2, 0.25) is 11.2 Å². The van der Waals surface area contributed by atoms with E-state index in [1.807, 2.05) is 20.8 Å². The third-order valence-electron chi connectivity index (χ3n) is 1.65. The van der Waals surface area contributed by atoms with E-state index in [1.165, 1.54) is 13.3 Å². The molecule has 1 amide bonds. The molecule has 0 aliphatic rings. The standard InChI is InChI=1S/C10H14ClN3O2/c1-10(2,3)14-7(15)6-5-12-9(11)13-8(6)16-4/h5H,1-4H3,(H,14,15). The SMILES string of the molecule is COc1nc(Cl)ncc1C(=O)NC(C)(C)C. The summed E-state index contributed by atoms with van der Waals surface area (Å²) in [6.45, 7) is 5.65. The van der Waals surface area contributed by atoms with Crippen molar-refractivity contribution in [3.63, 3.8) is 0 Å². The van der Waals surface area contributed by atoms with Crippen LogP contribution in [0.4, 0.5) is 0 Å². The number of rotatable bonds is 2. The maximum absolute atomic E-state index is 11.8. The molecule has 1 rings (SSSR count). The van der Waals surface area contributed by atoms with Gasteiger partial charge in [-0.25, -0.2) is 4.98 Å². The highest BCUT2D eigenvalue weighted by Crippen LogP contribution is 2.16. The van der Waals surface area contributed by atoms with Gasteiger partial charge in [0.15, 0.2) is 0 Å². The van der Waals surface area contributed by atoms with Gasteiger partial charge in [-0.3, -0.25) is 4.79 Å². The predicted molar refractivity (Wildman–Crippen MR) is 60.8 cm³/mol. The van der Waals surface area contributed by atoms with Gasteiger partial charge in [0, 0.05) is 11.7 Å². The lowest BCUT2D eigenvalue weighted by Crippen LogP contribution is -2.40. The van der Waals surface area contributed by atoms with Crippen molar-refractivity contribution in [2.24, 2.45) is 0 Å². The average Bonchev–Trinajstić information content (AvgIpc) is 2.14. The fraction of sp³-hybridized carbons (Fsp3) is 0.500. The van der Waals surface area contributed by atoms with E-state index in [2.05, 4.69) is 15.3 Å². The number of nitrogens with zero attached hydrogens (tertiary/aromatic N) is 2. The van der Waals surface area contributed by atoms with E-state index in [9.17, 15) is 4.79 Å². The monoisotopic (exact) mass is 243 g/mol. The average molecular weight is 244 g/mol. The maximum Gasteiger partial charge on any atom is 0.258 e. The van der Waals surface area contributed by atoms with Crippen LogP contribution >= 0.6 is 11.6 Å². The van der Waals surface area contributed by atoms with E-state index in [1.54, 1.807) is 0 Å². The van der Waals surface area contributed by atoms with Crippen LogP contribution in [-0.4, -0.2) is 28.5 Å². The number of amides is 1. The number of halogens is 1. The minimum Gasteiger partial charge on any atom is -0.480 e. The van der Waals surface area contributed by atoms with Crippen LogP contribution in [0.15, 0.2) is 6.20 Å². The molecule has 1 aromatic heterocycles. The molecule has 0 saturated heterocycles. The van der Waals surface area contributed by atoms with Crippen molar-refractivity contribution in [2.75, 3.05) is 7.11 Å². The highest BCUT2D eigenvalue weighted by atomic mass is 35.5. The Labute approximate surface area is 99.2 Å². The number of ether oxygens (including phenoxy) is 1. The number of nitrogens with one attached hydrogen (secondary N) is 1. The van der Waals surface area contributed by atoms with Gasteiger partial charge in [0.1, 0.15) is 5.56 Å². The van der Waals surface area contributed by atoms with Crippen molar-refractivity contribution in [3.05, 3.63) is 17.0 Å². The summed E-state index contributed by atoms with van der Waals surface area (Å²) in [6.07, 6.45) is 1.34. The van der Waals surface area contributed by atoms with Crippen LogP contribution in [0.1, 0.15) is 31.1 Å². The summed E-state index contributed by atoms with van der Waals surface area (Å²) in [4.78, 5) is 19.4. The van der Waals surface area contributed by atoms with Crippen LogP contribution in [0.5, 0.6) is 5.88 Å². The molecule has 0 aliphatic carbocycles. The summed E-state index contributed by atoms with van der Waals surface area (Å²) in [5.74, 6) is -0.122. The largest absolute Gasteiger partial charge is 0.480 e. The first-order valence-corrected chi connectivity index (χ1v) is 5.10. The normalized spacial score (nSPS) is 11.1. The Kier molecular flexibility index (Phi) is 3.70. The summed E-state index contributed by atoms with van der Waals surface area (Å²) in [6, 6.07) is 0. The fourth-order valence-electron chi connectivity index (χ4n) is 1.07.